The van der Waals surface area contributed by atoms with Crippen LogP contribution in [-0.2, 0) is 10.1 Å². The maximum atomic E-state index is 11.2. The SMILES string of the molecule is O=S(=O)(O)c1cccc(N=Nc2ccccc2N(CCO)CCO)c1. The van der Waals surface area contributed by atoms with Crippen molar-refractivity contribution in [2.45, 2.75) is 4.90 Å². The zero-order valence-corrected chi connectivity index (χ0v) is 14.2. The molecule has 0 unspecified atom stereocenters. The summed E-state index contributed by atoms with van der Waals surface area (Å²) < 4.78 is 31.4. The molecule has 9 heteroatoms. The van der Waals surface area contributed by atoms with Gasteiger partial charge in [0.05, 0.1) is 29.5 Å². The highest BCUT2D eigenvalue weighted by atomic mass is 32.2. The van der Waals surface area contributed by atoms with Gasteiger partial charge in [-0.3, -0.25) is 4.55 Å². The van der Waals surface area contributed by atoms with Crippen molar-refractivity contribution < 1.29 is 23.2 Å². The van der Waals surface area contributed by atoms with Crippen molar-refractivity contribution in [3.8, 4) is 0 Å². The zero-order valence-electron chi connectivity index (χ0n) is 13.4. The first-order valence-electron chi connectivity index (χ1n) is 7.50. The number of para-hydroxylation sites is 1. The van der Waals surface area contributed by atoms with Gasteiger partial charge >= 0.3 is 0 Å². The van der Waals surface area contributed by atoms with Crippen LogP contribution in [0.2, 0.25) is 0 Å². The van der Waals surface area contributed by atoms with Crippen LogP contribution < -0.4 is 4.90 Å². The first kappa shape index (κ1) is 19.0. The average Bonchev–Trinajstić information content (AvgIpc) is 2.60. The van der Waals surface area contributed by atoms with Gasteiger partial charge in [0.25, 0.3) is 10.1 Å². The van der Waals surface area contributed by atoms with Gasteiger partial charge in [-0.25, -0.2) is 0 Å². The summed E-state index contributed by atoms with van der Waals surface area (Å²) in [5, 5.41) is 26.5. The van der Waals surface area contributed by atoms with E-state index in [1.807, 2.05) is 0 Å². The van der Waals surface area contributed by atoms with Crippen molar-refractivity contribution in [1.82, 2.24) is 0 Å². The van der Waals surface area contributed by atoms with Crippen LogP contribution in [0.15, 0.2) is 63.7 Å². The number of nitrogens with zero attached hydrogens (tertiary/aromatic N) is 3. The molecule has 0 amide bonds. The molecule has 0 aromatic heterocycles. The number of aliphatic hydroxyl groups is 2. The molecule has 0 saturated heterocycles. The molecular formula is C16H19N3O5S. The van der Waals surface area contributed by atoms with E-state index in [0.717, 1.165) is 0 Å². The molecule has 0 aliphatic rings. The molecule has 0 saturated carbocycles. The zero-order chi connectivity index (χ0) is 18.3. The Bertz CT molecular complexity index is 833. The lowest BCUT2D eigenvalue weighted by atomic mass is 10.2. The molecule has 2 rings (SSSR count). The summed E-state index contributed by atoms with van der Waals surface area (Å²) in [6.07, 6.45) is 0. The van der Waals surface area contributed by atoms with E-state index in [1.165, 1.54) is 18.2 Å². The van der Waals surface area contributed by atoms with E-state index >= 15 is 0 Å². The molecule has 0 atom stereocenters. The second-order valence-electron chi connectivity index (χ2n) is 5.10. The van der Waals surface area contributed by atoms with Gasteiger partial charge in [0.2, 0.25) is 0 Å². The Labute approximate surface area is 145 Å². The minimum atomic E-state index is -4.31. The molecule has 0 spiro atoms. The van der Waals surface area contributed by atoms with E-state index in [-0.39, 0.29) is 23.8 Å². The summed E-state index contributed by atoms with van der Waals surface area (Å²) in [6, 6.07) is 12.5. The van der Waals surface area contributed by atoms with Gasteiger partial charge in [0, 0.05) is 13.1 Å². The fourth-order valence-corrected chi connectivity index (χ4v) is 2.75. The number of aliphatic hydroxyl groups excluding tert-OH is 2. The van der Waals surface area contributed by atoms with Crippen molar-refractivity contribution in [2.75, 3.05) is 31.2 Å². The fraction of sp³-hybridized carbons (Fsp3) is 0.250. The Hall–Kier alpha value is -2.33. The van der Waals surface area contributed by atoms with Gasteiger partial charge in [0.15, 0.2) is 0 Å². The molecule has 0 fully saturated rings. The molecule has 0 aliphatic carbocycles. The number of hydrogen-bond acceptors (Lipinski definition) is 7. The van der Waals surface area contributed by atoms with Crippen LogP contribution in [0.3, 0.4) is 0 Å². The summed E-state index contributed by atoms with van der Waals surface area (Å²) in [6.45, 7) is 0.487. The van der Waals surface area contributed by atoms with Crippen LogP contribution in [0, 0.1) is 0 Å². The van der Waals surface area contributed by atoms with Crippen LogP contribution in [-0.4, -0.2) is 49.5 Å². The Morgan fingerprint density at radius 2 is 1.60 bits per heavy atom. The molecule has 134 valence electrons. The number of rotatable bonds is 8. The van der Waals surface area contributed by atoms with Crippen LogP contribution in [0.4, 0.5) is 17.1 Å². The molecule has 0 bridgehead atoms. The van der Waals surface area contributed by atoms with Crippen molar-refractivity contribution >= 4 is 27.2 Å². The smallest absolute Gasteiger partial charge is 0.294 e. The summed E-state index contributed by atoms with van der Waals surface area (Å²) in [5.41, 5.74) is 1.45. The minimum Gasteiger partial charge on any atom is -0.395 e. The summed E-state index contributed by atoms with van der Waals surface area (Å²) >= 11 is 0. The lowest BCUT2D eigenvalue weighted by molar-refractivity contribution is 0.281. The highest BCUT2D eigenvalue weighted by molar-refractivity contribution is 7.85. The van der Waals surface area contributed by atoms with E-state index < -0.39 is 10.1 Å². The molecule has 3 N–H and O–H groups in total. The lowest BCUT2D eigenvalue weighted by Crippen LogP contribution is -2.29. The average molecular weight is 365 g/mol. The summed E-state index contributed by atoms with van der Waals surface area (Å²) in [4.78, 5) is 1.50. The normalized spacial score (nSPS) is 11.8. The van der Waals surface area contributed by atoms with Gasteiger partial charge < -0.3 is 15.1 Å². The highest BCUT2D eigenvalue weighted by Crippen LogP contribution is 2.30. The maximum absolute atomic E-state index is 11.2. The van der Waals surface area contributed by atoms with Crippen molar-refractivity contribution in [3.63, 3.8) is 0 Å². The van der Waals surface area contributed by atoms with Crippen molar-refractivity contribution in [3.05, 3.63) is 48.5 Å². The maximum Gasteiger partial charge on any atom is 0.294 e. The first-order valence-corrected chi connectivity index (χ1v) is 8.94. The molecule has 2 aromatic carbocycles. The van der Waals surface area contributed by atoms with Gasteiger partial charge in [-0.2, -0.15) is 13.5 Å². The second-order valence-corrected chi connectivity index (χ2v) is 6.52. The Morgan fingerprint density at radius 3 is 2.24 bits per heavy atom. The summed E-state index contributed by atoms with van der Waals surface area (Å²) in [5.74, 6) is 0. The Morgan fingerprint density at radius 1 is 0.920 bits per heavy atom. The molecule has 0 heterocycles. The number of hydrogen-bond donors (Lipinski definition) is 3. The van der Waals surface area contributed by atoms with Crippen molar-refractivity contribution in [2.24, 2.45) is 10.2 Å². The number of azo groups is 1. The Kier molecular flexibility index (Phi) is 6.59. The molecular weight excluding hydrogens is 346 g/mol. The van der Waals surface area contributed by atoms with E-state index in [0.29, 0.717) is 24.5 Å². The number of anilines is 1. The summed E-state index contributed by atoms with van der Waals surface area (Å²) in [7, 11) is -4.31. The standard InChI is InChI=1S/C16H19N3O5S/c20-10-8-19(9-11-21)16-7-2-1-6-15(16)18-17-13-4-3-5-14(12-13)25(22,23)24/h1-7,12,20-21H,8-11H2,(H,22,23,24). The number of benzene rings is 2. The van der Waals surface area contributed by atoms with Gasteiger partial charge in [-0.05, 0) is 30.3 Å². The molecule has 25 heavy (non-hydrogen) atoms. The molecule has 0 aliphatic heterocycles. The fourth-order valence-electron chi connectivity index (χ4n) is 2.23. The van der Waals surface area contributed by atoms with E-state index in [1.54, 1.807) is 35.2 Å². The predicted octanol–water partition coefficient (Wildman–Crippen LogP) is 2.14. The van der Waals surface area contributed by atoms with E-state index in [9.17, 15) is 18.6 Å². The van der Waals surface area contributed by atoms with Crippen LogP contribution >= 0.6 is 0 Å². The van der Waals surface area contributed by atoms with Gasteiger partial charge in [-0.15, -0.1) is 5.11 Å². The molecule has 2 aromatic rings. The van der Waals surface area contributed by atoms with Crippen molar-refractivity contribution in [1.29, 1.82) is 0 Å². The second kappa shape index (κ2) is 8.67. The third-order valence-electron chi connectivity index (χ3n) is 3.35. The van der Waals surface area contributed by atoms with Crippen LogP contribution in [0.5, 0.6) is 0 Å². The van der Waals surface area contributed by atoms with Crippen LogP contribution in [0.25, 0.3) is 0 Å². The largest absolute Gasteiger partial charge is 0.395 e. The third-order valence-corrected chi connectivity index (χ3v) is 4.20. The highest BCUT2D eigenvalue weighted by Gasteiger charge is 2.11. The quantitative estimate of drug-likeness (QED) is 0.486. The van der Waals surface area contributed by atoms with E-state index in [4.69, 9.17) is 4.55 Å². The monoisotopic (exact) mass is 365 g/mol. The molecule has 8 nitrogen and oxygen atoms in total. The minimum absolute atomic E-state index is 0.0815. The van der Waals surface area contributed by atoms with E-state index in [2.05, 4.69) is 10.2 Å². The van der Waals surface area contributed by atoms with Gasteiger partial charge in [0.1, 0.15) is 5.69 Å². The first-order chi connectivity index (χ1) is 12.0. The third kappa shape index (κ3) is 5.33. The molecule has 0 radical (unpaired) electrons. The van der Waals surface area contributed by atoms with Crippen LogP contribution in [0.1, 0.15) is 0 Å². The topological polar surface area (TPSA) is 123 Å². The predicted molar refractivity (Wildman–Crippen MR) is 93.3 cm³/mol. The Balaban J connectivity index is 2.33. The lowest BCUT2D eigenvalue weighted by Gasteiger charge is -2.23. The van der Waals surface area contributed by atoms with Gasteiger partial charge in [-0.1, -0.05) is 18.2 Å².